The molecule has 2 heterocycles. The van der Waals surface area contributed by atoms with Crippen LogP contribution < -0.4 is 5.32 Å². The first-order chi connectivity index (χ1) is 13.2. The molecule has 0 bridgehead atoms. The summed E-state index contributed by atoms with van der Waals surface area (Å²) in [6, 6.07) is 7.49. The van der Waals surface area contributed by atoms with Gasteiger partial charge in [-0.05, 0) is 18.9 Å². The Balaban J connectivity index is 1.44. The van der Waals surface area contributed by atoms with Crippen molar-refractivity contribution < 1.29 is 9.59 Å². The molecule has 0 radical (unpaired) electrons. The van der Waals surface area contributed by atoms with Crippen LogP contribution in [0.4, 0.5) is 0 Å². The predicted molar refractivity (Wildman–Crippen MR) is 101 cm³/mol. The minimum Gasteiger partial charge on any atom is -0.347 e. The molecule has 1 saturated carbocycles. The van der Waals surface area contributed by atoms with Crippen molar-refractivity contribution >= 4 is 11.8 Å². The van der Waals surface area contributed by atoms with E-state index in [1.165, 1.54) is 32.0 Å². The van der Waals surface area contributed by atoms with Crippen LogP contribution >= 0.6 is 0 Å². The van der Waals surface area contributed by atoms with E-state index in [1.54, 1.807) is 6.07 Å². The molecule has 7 nitrogen and oxygen atoms in total. The lowest BCUT2D eigenvalue weighted by molar-refractivity contribution is -0.129. The van der Waals surface area contributed by atoms with Gasteiger partial charge in [-0.25, -0.2) is 4.98 Å². The molecule has 2 aliphatic rings. The summed E-state index contributed by atoms with van der Waals surface area (Å²) in [5, 5.41) is 9.71. The molecule has 1 saturated heterocycles. The standard InChI is InChI=1S/C20H25N5O2/c26-18-11-14(12-25(18)15-7-3-1-2-4-8-15)23-20(27)17-10-6-5-9-16(17)19-21-13-22-24-19/h5-6,9-10,13-15H,1-4,7-8,11-12H2,(H,23,27)(H,21,22,24)/t14-/m0/s1. The lowest BCUT2D eigenvalue weighted by Crippen LogP contribution is -2.40. The van der Waals surface area contributed by atoms with Crippen LogP contribution in [0.3, 0.4) is 0 Å². The Kier molecular flexibility index (Phi) is 5.18. The maximum Gasteiger partial charge on any atom is 0.252 e. The summed E-state index contributed by atoms with van der Waals surface area (Å²) in [5.74, 6) is 0.543. The lowest BCUT2D eigenvalue weighted by Gasteiger charge is -2.27. The first kappa shape index (κ1) is 17.7. The minimum atomic E-state index is -0.178. The van der Waals surface area contributed by atoms with Crippen molar-refractivity contribution in [1.29, 1.82) is 0 Å². The fourth-order valence-electron chi connectivity index (χ4n) is 4.24. The number of benzene rings is 1. The number of carbonyl (C=O) groups is 2. The normalized spacial score (nSPS) is 21.3. The van der Waals surface area contributed by atoms with Crippen LogP contribution in [0.5, 0.6) is 0 Å². The van der Waals surface area contributed by atoms with Gasteiger partial charge in [0.2, 0.25) is 5.91 Å². The molecule has 0 spiro atoms. The van der Waals surface area contributed by atoms with Crippen molar-refractivity contribution in [2.24, 2.45) is 0 Å². The van der Waals surface area contributed by atoms with Crippen molar-refractivity contribution in [3.05, 3.63) is 36.2 Å². The van der Waals surface area contributed by atoms with Crippen molar-refractivity contribution in [3.63, 3.8) is 0 Å². The largest absolute Gasteiger partial charge is 0.347 e. The average Bonchev–Trinajstić information content (AvgIpc) is 3.25. The molecule has 27 heavy (non-hydrogen) atoms. The van der Waals surface area contributed by atoms with E-state index in [4.69, 9.17) is 0 Å². The number of carbonyl (C=O) groups excluding carboxylic acids is 2. The third kappa shape index (κ3) is 3.86. The molecule has 7 heteroatoms. The van der Waals surface area contributed by atoms with Gasteiger partial charge < -0.3 is 10.2 Å². The number of rotatable bonds is 4. The Bertz CT molecular complexity index is 796. The summed E-state index contributed by atoms with van der Waals surface area (Å²) in [5.41, 5.74) is 1.24. The average molecular weight is 367 g/mol. The Morgan fingerprint density at radius 1 is 1.15 bits per heavy atom. The zero-order valence-corrected chi connectivity index (χ0v) is 15.4. The molecule has 0 unspecified atom stereocenters. The molecule has 142 valence electrons. The quantitative estimate of drug-likeness (QED) is 0.813. The Morgan fingerprint density at radius 3 is 2.67 bits per heavy atom. The maximum absolute atomic E-state index is 12.9. The van der Waals surface area contributed by atoms with Gasteiger partial charge in [0.15, 0.2) is 5.82 Å². The Morgan fingerprint density at radius 2 is 1.93 bits per heavy atom. The molecular weight excluding hydrogens is 342 g/mol. The molecule has 1 aromatic carbocycles. The third-order valence-electron chi connectivity index (χ3n) is 5.60. The molecule has 1 aromatic heterocycles. The van der Waals surface area contributed by atoms with Crippen LogP contribution in [-0.2, 0) is 4.79 Å². The summed E-state index contributed by atoms with van der Waals surface area (Å²) in [6.07, 6.45) is 8.87. The molecule has 2 aromatic rings. The number of aromatic amines is 1. The summed E-state index contributed by atoms with van der Waals surface area (Å²) >= 11 is 0. The van der Waals surface area contributed by atoms with Gasteiger partial charge in [-0.15, -0.1) is 0 Å². The van der Waals surface area contributed by atoms with E-state index in [0.29, 0.717) is 36.0 Å². The summed E-state index contributed by atoms with van der Waals surface area (Å²) in [7, 11) is 0. The molecule has 2 N–H and O–H groups in total. The van der Waals surface area contributed by atoms with E-state index in [-0.39, 0.29) is 17.9 Å². The number of nitrogens with zero attached hydrogens (tertiary/aromatic N) is 3. The number of amides is 2. The maximum atomic E-state index is 12.9. The zero-order valence-electron chi connectivity index (χ0n) is 15.4. The number of H-pyrrole nitrogens is 1. The van der Waals surface area contributed by atoms with Gasteiger partial charge in [-0.3, -0.25) is 14.7 Å². The van der Waals surface area contributed by atoms with E-state index in [2.05, 4.69) is 20.5 Å². The summed E-state index contributed by atoms with van der Waals surface area (Å²) in [4.78, 5) is 31.5. The van der Waals surface area contributed by atoms with E-state index in [1.807, 2.05) is 23.1 Å². The summed E-state index contributed by atoms with van der Waals surface area (Å²) < 4.78 is 0. The number of aromatic nitrogens is 3. The Hall–Kier alpha value is -2.70. The fraction of sp³-hybridized carbons (Fsp3) is 0.500. The second-order valence-electron chi connectivity index (χ2n) is 7.45. The molecule has 1 aliphatic carbocycles. The van der Waals surface area contributed by atoms with Crippen LogP contribution in [0.1, 0.15) is 55.3 Å². The Labute approximate surface area is 158 Å². The van der Waals surface area contributed by atoms with E-state index in [9.17, 15) is 9.59 Å². The summed E-state index contributed by atoms with van der Waals surface area (Å²) in [6.45, 7) is 0.611. The van der Waals surface area contributed by atoms with Gasteiger partial charge >= 0.3 is 0 Å². The molecule has 1 aliphatic heterocycles. The van der Waals surface area contributed by atoms with Gasteiger partial charge in [0.25, 0.3) is 5.91 Å². The molecular formula is C20H25N5O2. The van der Waals surface area contributed by atoms with E-state index >= 15 is 0 Å². The predicted octanol–water partition coefficient (Wildman–Crippen LogP) is 2.53. The smallest absolute Gasteiger partial charge is 0.252 e. The molecule has 2 fully saturated rings. The van der Waals surface area contributed by atoms with Crippen molar-refractivity contribution in [3.8, 4) is 11.4 Å². The highest BCUT2D eigenvalue weighted by Gasteiger charge is 2.35. The van der Waals surface area contributed by atoms with Crippen LogP contribution in [-0.4, -0.2) is 50.5 Å². The fourth-order valence-corrected chi connectivity index (χ4v) is 4.24. The number of likely N-dealkylation sites (tertiary alicyclic amines) is 1. The van der Waals surface area contributed by atoms with Gasteiger partial charge in [-0.1, -0.05) is 43.9 Å². The lowest BCUT2D eigenvalue weighted by atomic mass is 10.1. The second kappa shape index (κ2) is 7.90. The van der Waals surface area contributed by atoms with E-state index < -0.39 is 0 Å². The molecule has 4 rings (SSSR count). The number of hydrogen-bond donors (Lipinski definition) is 2. The number of nitrogens with one attached hydrogen (secondary N) is 2. The zero-order chi connectivity index (χ0) is 18.6. The first-order valence-corrected chi connectivity index (χ1v) is 9.77. The highest BCUT2D eigenvalue weighted by Crippen LogP contribution is 2.26. The first-order valence-electron chi connectivity index (χ1n) is 9.77. The highest BCUT2D eigenvalue weighted by atomic mass is 16.2. The van der Waals surface area contributed by atoms with Crippen molar-refractivity contribution in [2.75, 3.05) is 6.54 Å². The number of hydrogen-bond acceptors (Lipinski definition) is 4. The van der Waals surface area contributed by atoms with Crippen LogP contribution in [0, 0.1) is 0 Å². The van der Waals surface area contributed by atoms with Crippen molar-refractivity contribution in [2.45, 2.75) is 57.0 Å². The minimum absolute atomic E-state index is 0.143. The third-order valence-corrected chi connectivity index (χ3v) is 5.60. The second-order valence-corrected chi connectivity index (χ2v) is 7.45. The molecule has 1 atom stereocenters. The highest BCUT2D eigenvalue weighted by molar-refractivity contribution is 6.00. The van der Waals surface area contributed by atoms with Crippen LogP contribution in [0.25, 0.3) is 11.4 Å². The van der Waals surface area contributed by atoms with Crippen molar-refractivity contribution in [1.82, 2.24) is 25.4 Å². The van der Waals surface area contributed by atoms with Gasteiger partial charge in [-0.2, -0.15) is 5.10 Å². The van der Waals surface area contributed by atoms with Crippen LogP contribution in [0.15, 0.2) is 30.6 Å². The molecule has 2 amide bonds. The van der Waals surface area contributed by atoms with Crippen LogP contribution in [0.2, 0.25) is 0 Å². The SMILES string of the molecule is O=C(N[C@H]1CC(=O)N(C2CCCCCC2)C1)c1ccccc1-c1ncn[nH]1. The topological polar surface area (TPSA) is 91.0 Å². The van der Waals surface area contributed by atoms with E-state index in [0.717, 1.165) is 12.8 Å². The van der Waals surface area contributed by atoms with Gasteiger partial charge in [0, 0.05) is 24.6 Å². The van der Waals surface area contributed by atoms with Gasteiger partial charge in [0.1, 0.15) is 6.33 Å². The monoisotopic (exact) mass is 367 g/mol. The van der Waals surface area contributed by atoms with Gasteiger partial charge in [0.05, 0.1) is 11.6 Å².